The molecule has 224 valence electrons. The van der Waals surface area contributed by atoms with Crippen molar-refractivity contribution in [2.24, 2.45) is 26.2 Å². The molecule has 0 aliphatic heterocycles. The number of aliphatic carboxylic acids is 1. The van der Waals surface area contributed by atoms with E-state index in [0.29, 0.717) is 6.54 Å². The molecule has 0 aromatic heterocycles. The van der Waals surface area contributed by atoms with Crippen LogP contribution in [0.2, 0.25) is 0 Å². The zero-order valence-electron chi connectivity index (χ0n) is 24.6. The van der Waals surface area contributed by atoms with Gasteiger partial charge in [-0.2, -0.15) is 0 Å². The fourth-order valence-corrected chi connectivity index (χ4v) is 4.17. The van der Waals surface area contributed by atoms with Crippen molar-refractivity contribution < 1.29 is 39.9 Å². The Morgan fingerprint density at radius 1 is 0.921 bits per heavy atom. The van der Waals surface area contributed by atoms with Gasteiger partial charge in [-0.3, -0.25) is 4.79 Å². The van der Waals surface area contributed by atoms with Crippen molar-refractivity contribution in [3.05, 3.63) is 0 Å². The van der Waals surface area contributed by atoms with Gasteiger partial charge in [0, 0.05) is 13.2 Å². The fourth-order valence-electron chi connectivity index (χ4n) is 4.17. The number of nitrogens with zero attached hydrogens (tertiary/aromatic N) is 3. The number of aliphatic hydroxyl groups excluding tert-OH is 4. The quantitative estimate of drug-likeness (QED) is 0.139. The van der Waals surface area contributed by atoms with Crippen LogP contribution in [0.15, 0.2) is 9.98 Å². The molecular weight excluding hydrogens is 494 g/mol. The molecule has 0 amide bonds. The third-order valence-electron chi connectivity index (χ3n) is 6.30. The fraction of sp³-hybridized carbons (Fsp3) is 0.889. The lowest BCUT2D eigenvalue weighted by molar-refractivity contribution is -0.152. The van der Waals surface area contributed by atoms with Crippen molar-refractivity contribution in [3.8, 4) is 0 Å². The summed E-state index contributed by atoms with van der Waals surface area (Å²) < 4.78 is 0. The van der Waals surface area contributed by atoms with Gasteiger partial charge in [-0.25, -0.2) is 19.6 Å². The predicted molar refractivity (Wildman–Crippen MR) is 147 cm³/mol. The van der Waals surface area contributed by atoms with E-state index in [9.17, 15) is 14.4 Å². The number of carboxylic acid groups (broad SMARTS) is 1. The van der Waals surface area contributed by atoms with Gasteiger partial charge in [-0.05, 0) is 69.5 Å². The van der Waals surface area contributed by atoms with Crippen molar-refractivity contribution in [3.63, 3.8) is 0 Å². The van der Waals surface area contributed by atoms with E-state index in [-0.39, 0.29) is 30.1 Å². The molecule has 11 heteroatoms. The molecule has 0 aromatic carbocycles. The molecule has 1 fully saturated rings. The Kier molecular flexibility index (Phi) is 24.5. The molecule has 0 heterocycles. The number of rotatable bonds is 12. The molecule has 1 aliphatic rings. The van der Waals surface area contributed by atoms with Gasteiger partial charge in [0.05, 0.1) is 25.8 Å². The standard InChI is InChI=1S/C12H18N2O2.C6H15N.C5H10O4.C4H10O2/c1-11(2)4-10(14-9-16)5-12(3,6-11)7-13-8-15;1-4-7(5-2)6-3;1-5(2-6,3-7)4(8)9;5-3-1-2-4-6/h10H,4-7H2,1-3H3;4-6H2,1-3H3;6-7H,2-3H2,1H3,(H,8,9);5-6H,1-4H2. The Balaban J connectivity index is -0.000000474. The van der Waals surface area contributed by atoms with Crippen molar-refractivity contribution in [2.45, 2.75) is 86.6 Å². The molecule has 5 N–H and O–H groups in total. The third kappa shape index (κ3) is 20.1. The predicted octanol–water partition coefficient (Wildman–Crippen LogP) is 2.40. The maximum Gasteiger partial charge on any atom is 0.314 e. The molecule has 0 radical (unpaired) electrons. The summed E-state index contributed by atoms with van der Waals surface area (Å²) in [6.07, 6.45) is 7.32. The topological polar surface area (TPSA) is 180 Å². The Morgan fingerprint density at radius 3 is 1.66 bits per heavy atom. The van der Waals surface area contributed by atoms with E-state index in [2.05, 4.69) is 56.4 Å². The average molecular weight is 548 g/mol. The first kappa shape index (κ1) is 40.5. The molecule has 0 saturated heterocycles. The smallest absolute Gasteiger partial charge is 0.314 e. The minimum atomic E-state index is -1.39. The van der Waals surface area contributed by atoms with Crippen molar-refractivity contribution in [1.82, 2.24) is 4.90 Å². The first-order chi connectivity index (χ1) is 17.7. The summed E-state index contributed by atoms with van der Waals surface area (Å²) in [7, 11) is 0. The van der Waals surface area contributed by atoms with Crippen LogP contribution in [0.25, 0.3) is 0 Å². The highest BCUT2D eigenvalue weighted by molar-refractivity contribution is 5.74. The van der Waals surface area contributed by atoms with Crippen LogP contribution < -0.4 is 0 Å². The molecular formula is C27H53N3O8. The van der Waals surface area contributed by atoms with E-state index in [1.54, 1.807) is 12.2 Å². The van der Waals surface area contributed by atoms with Gasteiger partial charge in [0.25, 0.3) is 0 Å². The van der Waals surface area contributed by atoms with Crippen LogP contribution in [0.4, 0.5) is 0 Å². The summed E-state index contributed by atoms with van der Waals surface area (Å²) in [6.45, 7) is 17.6. The third-order valence-corrected chi connectivity index (χ3v) is 6.30. The van der Waals surface area contributed by atoms with E-state index in [1.165, 1.54) is 26.6 Å². The summed E-state index contributed by atoms with van der Waals surface area (Å²) in [5.74, 6) is -1.19. The number of aliphatic hydroxyl groups is 4. The molecule has 1 rings (SSSR count). The normalized spacial score (nSPS) is 19.6. The van der Waals surface area contributed by atoms with Crippen molar-refractivity contribution in [1.29, 1.82) is 0 Å². The lowest BCUT2D eigenvalue weighted by Gasteiger charge is -2.44. The van der Waals surface area contributed by atoms with E-state index in [0.717, 1.165) is 32.1 Å². The second-order valence-corrected chi connectivity index (χ2v) is 10.8. The van der Waals surface area contributed by atoms with Gasteiger partial charge >= 0.3 is 5.97 Å². The molecule has 1 saturated carbocycles. The van der Waals surface area contributed by atoms with E-state index < -0.39 is 24.6 Å². The number of carbonyl (C=O) groups is 1. The molecule has 11 nitrogen and oxygen atoms in total. The first-order valence-corrected chi connectivity index (χ1v) is 13.2. The number of hydrogen-bond donors (Lipinski definition) is 5. The summed E-state index contributed by atoms with van der Waals surface area (Å²) in [6, 6.07) is 0.00750. The number of carbonyl (C=O) groups excluding carboxylic acids is 2. The van der Waals surface area contributed by atoms with Crippen LogP contribution in [-0.2, 0) is 14.4 Å². The second-order valence-electron chi connectivity index (χ2n) is 10.8. The minimum Gasteiger partial charge on any atom is -0.481 e. The molecule has 0 aromatic rings. The number of isocyanates is 2. The van der Waals surface area contributed by atoms with Gasteiger partial charge in [-0.1, -0.05) is 41.5 Å². The Morgan fingerprint density at radius 2 is 1.39 bits per heavy atom. The van der Waals surface area contributed by atoms with E-state index in [4.69, 9.17) is 25.5 Å². The van der Waals surface area contributed by atoms with Crippen molar-refractivity contribution >= 4 is 18.1 Å². The summed E-state index contributed by atoms with van der Waals surface area (Å²) >= 11 is 0. The van der Waals surface area contributed by atoms with Crippen LogP contribution in [0.5, 0.6) is 0 Å². The van der Waals surface area contributed by atoms with Crippen LogP contribution in [0.1, 0.15) is 80.6 Å². The number of hydrogen-bond acceptors (Lipinski definition) is 10. The molecule has 0 spiro atoms. The number of unbranched alkanes of at least 4 members (excludes halogenated alkanes) is 1. The second kappa shape index (κ2) is 23.0. The zero-order valence-corrected chi connectivity index (χ0v) is 24.6. The van der Waals surface area contributed by atoms with E-state index in [1.807, 2.05) is 0 Å². The summed E-state index contributed by atoms with van der Waals surface area (Å²) in [5.41, 5.74) is -1.33. The average Bonchev–Trinajstić information content (AvgIpc) is 2.87. The Bertz CT molecular complexity index is 689. The summed E-state index contributed by atoms with van der Waals surface area (Å²) in [5, 5.41) is 41.3. The molecule has 0 bridgehead atoms. The van der Waals surface area contributed by atoms with Gasteiger partial charge in [-0.15, -0.1) is 0 Å². The monoisotopic (exact) mass is 547 g/mol. The maximum absolute atomic E-state index is 10.3. The van der Waals surface area contributed by atoms with Gasteiger partial charge in [0.2, 0.25) is 12.2 Å². The van der Waals surface area contributed by atoms with Crippen LogP contribution >= 0.6 is 0 Å². The number of carboxylic acids is 1. The largest absolute Gasteiger partial charge is 0.481 e. The lowest BCUT2D eigenvalue weighted by Crippen LogP contribution is -2.39. The van der Waals surface area contributed by atoms with Gasteiger partial charge in [0.15, 0.2) is 0 Å². The minimum absolute atomic E-state index is 0.00750. The number of aliphatic imine (C=N–C) groups is 2. The molecule has 1 aliphatic carbocycles. The Labute approximate surface area is 228 Å². The Hall–Kier alpha value is -1.97. The lowest BCUT2D eigenvalue weighted by atomic mass is 9.63. The molecule has 2 atom stereocenters. The maximum atomic E-state index is 10.3. The SMILES string of the molecule is CC(CO)(CO)C(=O)O.CC1(C)CC(N=C=O)CC(C)(CN=C=O)C1.CCN(CC)CC.OCCCCO. The van der Waals surface area contributed by atoms with Crippen molar-refractivity contribution in [2.75, 3.05) is 52.6 Å². The van der Waals surface area contributed by atoms with Gasteiger partial charge < -0.3 is 30.4 Å². The van der Waals surface area contributed by atoms with E-state index >= 15 is 0 Å². The highest BCUT2D eigenvalue weighted by Gasteiger charge is 2.41. The highest BCUT2D eigenvalue weighted by Crippen LogP contribution is 2.47. The van der Waals surface area contributed by atoms with Crippen LogP contribution in [0.3, 0.4) is 0 Å². The molecule has 2 unspecified atom stereocenters. The zero-order chi connectivity index (χ0) is 30.3. The van der Waals surface area contributed by atoms with Gasteiger partial charge in [0.1, 0.15) is 5.41 Å². The molecule has 38 heavy (non-hydrogen) atoms. The highest BCUT2D eigenvalue weighted by atomic mass is 16.4. The summed E-state index contributed by atoms with van der Waals surface area (Å²) in [4.78, 5) is 40.6. The van der Waals surface area contributed by atoms with Crippen LogP contribution in [0, 0.1) is 16.2 Å². The first-order valence-electron chi connectivity index (χ1n) is 13.2. The van der Waals surface area contributed by atoms with Crippen LogP contribution in [-0.4, -0.2) is 107 Å².